The summed E-state index contributed by atoms with van der Waals surface area (Å²) >= 11 is 0. The molecule has 1 N–H and O–H groups in total. The first-order chi connectivity index (χ1) is 9.40. The SMILES string of the molecule is Cc1nn(C)c(C)c1CNCc1cn(C)nc1C(C)C. The molecule has 110 valence electrons. The van der Waals surface area contributed by atoms with E-state index < -0.39 is 0 Å². The lowest BCUT2D eigenvalue weighted by Crippen LogP contribution is -2.15. The summed E-state index contributed by atoms with van der Waals surface area (Å²) in [5, 5.41) is 12.5. The minimum Gasteiger partial charge on any atom is -0.308 e. The van der Waals surface area contributed by atoms with Gasteiger partial charge in [-0.2, -0.15) is 10.2 Å². The zero-order chi connectivity index (χ0) is 14.9. The third-order valence-corrected chi connectivity index (χ3v) is 3.76. The molecule has 0 unspecified atom stereocenters. The summed E-state index contributed by atoms with van der Waals surface area (Å²) in [6.45, 7) is 10.2. The van der Waals surface area contributed by atoms with Gasteiger partial charge in [0.25, 0.3) is 0 Å². The zero-order valence-corrected chi connectivity index (χ0v) is 13.4. The maximum atomic E-state index is 4.54. The van der Waals surface area contributed by atoms with Gasteiger partial charge in [0, 0.05) is 50.2 Å². The lowest BCUT2D eigenvalue weighted by atomic mass is 10.1. The second-order valence-corrected chi connectivity index (χ2v) is 5.74. The number of hydrogen-bond acceptors (Lipinski definition) is 3. The standard InChI is InChI=1S/C15H25N5/c1-10(2)15-13(9-19(5)18-15)7-16-8-14-11(3)17-20(6)12(14)4/h9-10,16H,7-8H2,1-6H3. The monoisotopic (exact) mass is 275 g/mol. The predicted octanol–water partition coefficient (Wildman–Crippen LogP) is 2.18. The van der Waals surface area contributed by atoms with Gasteiger partial charge in [-0.25, -0.2) is 0 Å². The molecule has 0 amide bonds. The molecular weight excluding hydrogens is 250 g/mol. The Morgan fingerprint density at radius 3 is 2.40 bits per heavy atom. The van der Waals surface area contributed by atoms with Crippen molar-refractivity contribution in [2.45, 2.75) is 46.7 Å². The van der Waals surface area contributed by atoms with E-state index in [0.717, 1.165) is 18.8 Å². The van der Waals surface area contributed by atoms with Crippen molar-refractivity contribution in [1.29, 1.82) is 0 Å². The fraction of sp³-hybridized carbons (Fsp3) is 0.600. The summed E-state index contributed by atoms with van der Waals surface area (Å²) in [7, 11) is 3.97. The van der Waals surface area contributed by atoms with E-state index in [1.165, 1.54) is 22.5 Å². The van der Waals surface area contributed by atoms with Crippen molar-refractivity contribution in [2.75, 3.05) is 0 Å². The smallest absolute Gasteiger partial charge is 0.0694 e. The summed E-state index contributed by atoms with van der Waals surface area (Å²) in [5.74, 6) is 0.454. The Hall–Kier alpha value is -1.62. The molecule has 0 saturated carbocycles. The maximum absolute atomic E-state index is 4.54. The highest BCUT2D eigenvalue weighted by Crippen LogP contribution is 2.17. The highest BCUT2D eigenvalue weighted by Gasteiger charge is 2.12. The molecule has 2 aromatic heterocycles. The van der Waals surface area contributed by atoms with Crippen LogP contribution in [-0.4, -0.2) is 19.6 Å². The fourth-order valence-electron chi connectivity index (χ4n) is 2.57. The Bertz CT molecular complexity index is 592. The van der Waals surface area contributed by atoms with E-state index in [0.29, 0.717) is 5.92 Å². The van der Waals surface area contributed by atoms with Gasteiger partial charge >= 0.3 is 0 Å². The molecule has 0 radical (unpaired) electrons. The second kappa shape index (κ2) is 5.79. The summed E-state index contributed by atoms with van der Waals surface area (Å²) in [4.78, 5) is 0. The van der Waals surface area contributed by atoms with Crippen LogP contribution in [0.3, 0.4) is 0 Å². The zero-order valence-electron chi connectivity index (χ0n) is 13.4. The van der Waals surface area contributed by atoms with Gasteiger partial charge in [0.15, 0.2) is 0 Å². The number of nitrogens with one attached hydrogen (secondary N) is 1. The van der Waals surface area contributed by atoms with Crippen molar-refractivity contribution in [3.63, 3.8) is 0 Å². The van der Waals surface area contributed by atoms with Gasteiger partial charge in [-0.15, -0.1) is 0 Å². The number of aromatic nitrogens is 4. The van der Waals surface area contributed by atoms with Crippen molar-refractivity contribution < 1.29 is 0 Å². The summed E-state index contributed by atoms with van der Waals surface area (Å²) in [5.41, 5.74) is 6.09. The lowest BCUT2D eigenvalue weighted by molar-refractivity contribution is 0.671. The van der Waals surface area contributed by atoms with Gasteiger partial charge in [0.2, 0.25) is 0 Å². The van der Waals surface area contributed by atoms with E-state index in [4.69, 9.17) is 0 Å². The van der Waals surface area contributed by atoms with Crippen molar-refractivity contribution in [1.82, 2.24) is 24.9 Å². The van der Waals surface area contributed by atoms with Crippen molar-refractivity contribution in [2.24, 2.45) is 14.1 Å². The minimum absolute atomic E-state index is 0.454. The van der Waals surface area contributed by atoms with E-state index >= 15 is 0 Å². The van der Waals surface area contributed by atoms with E-state index in [-0.39, 0.29) is 0 Å². The van der Waals surface area contributed by atoms with E-state index in [1.807, 2.05) is 23.5 Å². The minimum atomic E-state index is 0.454. The average molecular weight is 275 g/mol. The predicted molar refractivity (Wildman–Crippen MR) is 80.5 cm³/mol. The number of nitrogens with zero attached hydrogens (tertiary/aromatic N) is 4. The van der Waals surface area contributed by atoms with Gasteiger partial charge in [0.05, 0.1) is 11.4 Å². The topological polar surface area (TPSA) is 47.7 Å². The Kier molecular flexibility index (Phi) is 4.28. The summed E-state index contributed by atoms with van der Waals surface area (Å²) in [6, 6.07) is 0. The van der Waals surface area contributed by atoms with Crippen LogP contribution in [0.15, 0.2) is 6.20 Å². The summed E-state index contributed by atoms with van der Waals surface area (Å²) < 4.78 is 3.84. The van der Waals surface area contributed by atoms with Gasteiger partial charge in [0.1, 0.15) is 0 Å². The molecule has 0 saturated heterocycles. The molecule has 0 aliphatic heterocycles. The van der Waals surface area contributed by atoms with Crippen molar-refractivity contribution in [3.05, 3.63) is 34.4 Å². The van der Waals surface area contributed by atoms with Crippen LogP contribution in [0.4, 0.5) is 0 Å². The maximum Gasteiger partial charge on any atom is 0.0694 e. The Morgan fingerprint density at radius 2 is 1.85 bits per heavy atom. The Balaban J connectivity index is 2.03. The molecule has 2 rings (SSSR count). The van der Waals surface area contributed by atoms with Gasteiger partial charge < -0.3 is 5.32 Å². The van der Waals surface area contributed by atoms with Crippen LogP contribution in [0.25, 0.3) is 0 Å². The molecule has 2 heterocycles. The normalized spacial score (nSPS) is 11.6. The van der Waals surface area contributed by atoms with Crippen LogP contribution in [0.1, 0.15) is 48.0 Å². The summed E-state index contributed by atoms with van der Waals surface area (Å²) in [6.07, 6.45) is 2.10. The van der Waals surface area contributed by atoms with Crippen LogP contribution >= 0.6 is 0 Å². The Morgan fingerprint density at radius 1 is 1.15 bits per heavy atom. The highest BCUT2D eigenvalue weighted by atomic mass is 15.3. The second-order valence-electron chi connectivity index (χ2n) is 5.74. The van der Waals surface area contributed by atoms with Gasteiger partial charge in [-0.05, 0) is 19.8 Å². The van der Waals surface area contributed by atoms with Crippen molar-refractivity contribution >= 4 is 0 Å². The highest BCUT2D eigenvalue weighted by molar-refractivity contribution is 5.25. The molecular formula is C15H25N5. The fourth-order valence-corrected chi connectivity index (χ4v) is 2.57. The van der Waals surface area contributed by atoms with E-state index in [2.05, 4.69) is 49.4 Å². The van der Waals surface area contributed by atoms with Gasteiger partial charge in [-0.3, -0.25) is 9.36 Å². The van der Waals surface area contributed by atoms with E-state index in [9.17, 15) is 0 Å². The van der Waals surface area contributed by atoms with Crippen molar-refractivity contribution in [3.8, 4) is 0 Å². The Labute approximate surface area is 121 Å². The van der Waals surface area contributed by atoms with Crippen LogP contribution in [0.5, 0.6) is 0 Å². The molecule has 5 heteroatoms. The lowest BCUT2D eigenvalue weighted by Gasteiger charge is -2.07. The molecule has 5 nitrogen and oxygen atoms in total. The van der Waals surface area contributed by atoms with Crippen LogP contribution in [-0.2, 0) is 27.2 Å². The molecule has 0 bridgehead atoms. The molecule has 0 atom stereocenters. The molecule has 0 aromatic carbocycles. The van der Waals surface area contributed by atoms with Crippen LogP contribution in [0, 0.1) is 13.8 Å². The number of aryl methyl sites for hydroxylation is 3. The number of hydrogen-bond donors (Lipinski definition) is 1. The van der Waals surface area contributed by atoms with Crippen LogP contribution < -0.4 is 5.32 Å². The quantitative estimate of drug-likeness (QED) is 0.910. The molecule has 0 aliphatic rings. The third kappa shape index (κ3) is 2.93. The first-order valence-electron chi connectivity index (χ1n) is 7.12. The first kappa shape index (κ1) is 14.8. The first-order valence-corrected chi connectivity index (χ1v) is 7.12. The van der Waals surface area contributed by atoms with E-state index in [1.54, 1.807) is 0 Å². The molecule has 0 spiro atoms. The average Bonchev–Trinajstić information content (AvgIpc) is 2.84. The molecule has 0 aliphatic carbocycles. The molecule has 20 heavy (non-hydrogen) atoms. The van der Waals surface area contributed by atoms with Crippen LogP contribution in [0.2, 0.25) is 0 Å². The molecule has 2 aromatic rings. The molecule has 0 fully saturated rings. The van der Waals surface area contributed by atoms with Gasteiger partial charge in [-0.1, -0.05) is 13.8 Å². The third-order valence-electron chi connectivity index (χ3n) is 3.76. The largest absolute Gasteiger partial charge is 0.308 e. The number of rotatable bonds is 5.